The zero-order valence-corrected chi connectivity index (χ0v) is 5.59. The highest BCUT2D eigenvalue weighted by Crippen LogP contribution is 2.21. The first kappa shape index (κ1) is 7.90. The van der Waals surface area contributed by atoms with E-state index in [9.17, 15) is 13.2 Å². The van der Waals surface area contributed by atoms with Gasteiger partial charge in [0.15, 0.2) is 0 Å². The van der Waals surface area contributed by atoms with E-state index in [2.05, 4.69) is 9.84 Å². The summed E-state index contributed by atoms with van der Waals surface area (Å²) in [5.74, 6) is -1.45. The molecule has 62 valence electrons. The molecule has 0 bridgehead atoms. The highest BCUT2D eigenvalue weighted by Gasteiger charge is 2.17. The molecule has 1 rings (SSSR count). The topological polar surface area (TPSA) is 27.1 Å². The highest BCUT2D eigenvalue weighted by atomic mass is 19.3. The average molecular weight is 166 g/mol. The van der Waals surface area contributed by atoms with Gasteiger partial charge in [0.1, 0.15) is 0 Å². The summed E-state index contributed by atoms with van der Waals surface area (Å²) in [5, 5.41) is 3.05. The maximum Gasteiger partial charge on any atom is 0.336 e. The monoisotopic (exact) mass is 166 g/mol. The number of ether oxygens (including phenoxy) is 1. The van der Waals surface area contributed by atoms with E-state index in [1.165, 1.54) is 0 Å². The third-order valence-electron chi connectivity index (χ3n) is 1.09. The first-order valence-electron chi connectivity index (χ1n) is 2.72. The summed E-state index contributed by atoms with van der Waals surface area (Å²) in [6.07, 6.45) is 0.672. The van der Waals surface area contributed by atoms with Gasteiger partial charge in [0.25, 0.3) is 5.88 Å². The molecular weight excluding hydrogens is 161 g/mol. The van der Waals surface area contributed by atoms with Gasteiger partial charge in [0.2, 0.25) is 5.82 Å². The van der Waals surface area contributed by atoms with Crippen LogP contribution in [0.4, 0.5) is 13.2 Å². The van der Waals surface area contributed by atoms with Gasteiger partial charge in [-0.05, 0) is 0 Å². The summed E-state index contributed by atoms with van der Waals surface area (Å²) in [4.78, 5) is 0. The van der Waals surface area contributed by atoms with Crippen LogP contribution in [0, 0.1) is 5.82 Å². The lowest BCUT2D eigenvalue weighted by molar-refractivity contribution is 0.0470. The Morgan fingerprint density at radius 1 is 1.64 bits per heavy atom. The fourth-order valence-corrected chi connectivity index (χ4v) is 0.660. The van der Waals surface area contributed by atoms with Gasteiger partial charge in [-0.15, -0.1) is 0 Å². The average Bonchev–Trinajstić information content (AvgIpc) is 2.30. The van der Waals surface area contributed by atoms with Crippen molar-refractivity contribution in [3.8, 4) is 5.88 Å². The molecule has 0 saturated heterocycles. The van der Waals surface area contributed by atoms with E-state index in [1.807, 2.05) is 0 Å². The predicted molar refractivity (Wildman–Crippen MR) is 30.0 cm³/mol. The van der Waals surface area contributed by atoms with Crippen molar-refractivity contribution < 1.29 is 17.9 Å². The van der Waals surface area contributed by atoms with Gasteiger partial charge in [-0.25, -0.2) is 0 Å². The summed E-state index contributed by atoms with van der Waals surface area (Å²) in [6, 6.07) is 0. The van der Waals surface area contributed by atoms with E-state index < -0.39 is 18.2 Å². The molecule has 0 aliphatic rings. The molecular formula is C5H5F3N2O. The maximum absolute atomic E-state index is 12.4. The molecule has 0 spiro atoms. The van der Waals surface area contributed by atoms with Crippen LogP contribution in [0.15, 0.2) is 6.20 Å². The second-order valence-corrected chi connectivity index (χ2v) is 1.72. The summed E-state index contributed by atoms with van der Waals surface area (Å²) in [5.41, 5.74) is 0. The molecule has 0 saturated carbocycles. The lowest BCUT2D eigenvalue weighted by atomic mass is 10.6. The Hall–Kier alpha value is -1.20. The number of rotatable bonds is 2. The highest BCUT2D eigenvalue weighted by molar-refractivity contribution is 5.10. The second kappa shape index (κ2) is 2.81. The van der Waals surface area contributed by atoms with Crippen LogP contribution in [0.3, 0.4) is 0 Å². The molecule has 0 amide bonds. The van der Waals surface area contributed by atoms with Crippen molar-refractivity contribution in [2.75, 3.05) is 7.11 Å². The van der Waals surface area contributed by atoms with Crippen molar-refractivity contribution in [3.63, 3.8) is 0 Å². The van der Waals surface area contributed by atoms with Crippen molar-refractivity contribution in [1.29, 1.82) is 0 Å². The van der Waals surface area contributed by atoms with Crippen LogP contribution < -0.4 is 4.74 Å². The molecule has 6 heteroatoms. The largest absolute Gasteiger partial charge is 0.479 e. The van der Waals surface area contributed by atoms with E-state index in [1.54, 1.807) is 0 Å². The Morgan fingerprint density at radius 2 is 2.27 bits per heavy atom. The first-order valence-corrected chi connectivity index (χ1v) is 2.72. The number of halogens is 3. The van der Waals surface area contributed by atoms with Gasteiger partial charge in [0.05, 0.1) is 13.3 Å². The van der Waals surface area contributed by atoms with Gasteiger partial charge in [0, 0.05) is 0 Å². The normalized spacial score (nSPS) is 10.6. The molecule has 0 unspecified atom stereocenters. The maximum atomic E-state index is 12.4. The van der Waals surface area contributed by atoms with Gasteiger partial charge in [-0.2, -0.15) is 23.0 Å². The molecule has 3 nitrogen and oxygen atoms in total. The van der Waals surface area contributed by atoms with Gasteiger partial charge in [-0.1, -0.05) is 0 Å². The minimum absolute atomic E-state index is 0.162. The SMILES string of the molecule is COc1c(F)cnn1C(F)F. The molecule has 0 fully saturated rings. The van der Waals surface area contributed by atoms with Crippen LogP contribution in [0.5, 0.6) is 5.88 Å². The Balaban J connectivity index is 3.05. The Bertz CT molecular complexity index is 248. The molecule has 1 aromatic heterocycles. The number of methoxy groups -OCH3 is 1. The van der Waals surface area contributed by atoms with Crippen molar-refractivity contribution in [2.45, 2.75) is 6.55 Å². The molecule has 0 aliphatic heterocycles. The van der Waals surface area contributed by atoms with Crippen molar-refractivity contribution in [1.82, 2.24) is 9.78 Å². The molecule has 0 aliphatic carbocycles. The second-order valence-electron chi connectivity index (χ2n) is 1.72. The molecule has 1 heterocycles. The Labute approximate surface area is 60.4 Å². The first-order chi connectivity index (χ1) is 5.16. The Morgan fingerprint density at radius 3 is 2.64 bits per heavy atom. The number of nitrogens with zero attached hydrogens (tertiary/aromatic N) is 2. The number of hydrogen-bond donors (Lipinski definition) is 0. The molecule has 0 aromatic carbocycles. The van der Waals surface area contributed by atoms with Gasteiger partial charge in [-0.3, -0.25) is 0 Å². The fraction of sp³-hybridized carbons (Fsp3) is 0.400. The Kier molecular flexibility index (Phi) is 2.02. The van der Waals surface area contributed by atoms with E-state index in [4.69, 9.17) is 0 Å². The van der Waals surface area contributed by atoms with E-state index in [0.717, 1.165) is 7.11 Å². The quantitative estimate of drug-likeness (QED) is 0.664. The van der Waals surface area contributed by atoms with E-state index in [0.29, 0.717) is 6.20 Å². The minimum Gasteiger partial charge on any atom is -0.479 e. The lowest BCUT2D eigenvalue weighted by Crippen LogP contribution is -2.03. The van der Waals surface area contributed by atoms with Crippen molar-refractivity contribution >= 4 is 0 Å². The smallest absolute Gasteiger partial charge is 0.336 e. The summed E-state index contributed by atoms with van der Waals surface area (Å²) in [6.45, 7) is -2.88. The van der Waals surface area contributed by atoms with Crippen LogP contribution in [-0.4, -0.2) is 16.9 Å². The molecule has 1 aromatic rings. The molecule has 0 N–H and O–H groups in total. The number of aromatic nitrogens is 2. The third-order valence-corrected chi connectivity index (χ3v) is 1.09. The van der Waals surface area contributed by atoms with Crippen molar-refractivity contribution in [3.05, 3.63) is 12.0 Å². The number of alkyl halides is 2. The van der Waals surface area contributed by atoms with E-state index in [-0.39, 0.29) is 4.68 Å². The summed E-state index contributed by atoms with van der Waals surface area (Å²) in [7, 11) is 1.10. The summed E-state index contributed by atoms with van der Waals surface area (Å²) >= 11 is 0. The van der Waals surface area contributed by atoms with Crippen LogP contribution in [0.2, 0.25) is 0 Å². The molecule has 11 heavy (non-hydrogen) atoms. The number of hydrogen-bond acceptors (Lipinski definition) is 2. The predicted octanol–water partition coefficient (Wildman–Crippen LogP) is 1.43. The minimum atomic E-state index is -2.88. The lowest BCUT2D eigenvalue weighted by Gasteiger charge is -2.02. The fourth-order valence-electron chi connectivity index (χ4n) is 0.660. The molecule has 0 radical (unpaired) electrons. The zero-order valence-electron chi connectivity index (χ0n) is 5.59. The molecule has 0 atom stereocenters. The van der Waals surface area contributed by atoms with Gasteiger partial charge >= 0.3 is 6.55 Å². The van der Waals surface area contributed by atoms with Crippen LogP contribution in [0.25, 0.3) is 0 Å². The van der Waals surface area contributed by atoms with Crippen LogP contribution >= 0.6 is 0 Å². The van der Waals surface area contributed by atoms with Crippen molar-refractivity contribution in [2.24, 2.45) is 0 Å². The summed E-state index contributed by atoms with van der Waals surface area (Å²) < 4.78 is 40.7. The van der Waals surface area contributed by atoms with Gasteiger partial charge < -0.3 is 4.74 Å². The van der Waals surface area contributed by atoms with Crippen LogP contribution in [-0.2, 0) is 0 Å². The third kappa shape index (κ3) is 1.28. The standard InChI is InChI=1S/C5H5F3N2O/c1-11-4-3(6)2-9-10(4)5(7)8/h2,5H,1H3. The van der Waals surface area contributed by atoms with E-state index >= 15 is 0 Å². The van der Waals surface area contributed by atoms with Crippen LogP contribution in [0.1, 0.15) is 6.55 Å². The zero-order chi connectivity index (χ0) is 8.43.